The number of methoxy groups -OCH3 is 1. The summed E-state index contributed by atoms with van der Waals surface area (Å²) >= 11 is 5.96. The zero-order valence-corrected chi connectivity index (χ0v) is 7.61. The van der Waals surface area contributed by atoms with Crippen LogP contribution in [0.15, 0.2) is 12.1 Å². The molecule has 0 radical (unpaired) electrons. The first kappa shape index (κ1) is 7.74. The fraction of sp³-hybridized carbons (Fsp3) is 0.333. The van der Waals surface area contributed by atoms with E-state index in [2.05, 4.69) is 5.32 Å². The number of benzene rings is 1. The number of ether oxygens (including phenoxy) is 1. The summed E-state index contributed by atoms with van der Waals surface area (Å²) in [6, 6.07) is 3.92. The van der Waals surface area contributed by atoms with Gasteiger partial charge in [-0.2, -0.15) is 0 Å². The molecule has 2 nitrogen and oxygen atoms in total. The lowest BCUT2D eigenvalue weighted by Gasteiger charge is -2.05. The Morgan fingerprint density at radius 1 is 1.50 bits per heavy atom. The Balaban J connectivity index is 2.49. The van der Waals surface area contributed by atoms with E-state index in [1.54, 1.807) is 7.11 Å². The lowest BCUT2D eigenvalue weighted by molar-refractivity contribution is 0.415. The Hall–Kier alpha value is -0.890. The highest BCUT2D eigenvalue weighted by Gasteiger charge is 2.13. The summed E-state index contributed by atoms with van der Waals surface area (Å²) in [4.78, 5) is 0. The molecule has 0 aromatic heterocycles. The van der Waals surface area contributed by atoms with Crippen molar-refractivity contribution < 1.29 is 4.74 Å². The molecule has 0 bridgehead atoms. The average molecular weight is 184 g/mol. The number of hydrogen-bond donors (Lipinski definition) is 1. The van der Waals surface area contributed by atoms with Crippen LogP contribution in [0.1, 0.15) is 5.56 Å². The zero-order chi connectivity index (χ0) is 8.55. The molecule has 0 unspecified atom stereocenters. The van der Waals surface area contributed by atoms with E-state index in [9.17, 15) is 0 Å². The van der Waals surface area contributed by atoms with Gasteiger partial charge >= 0.3 is 0 Å². The number of halogens is 1. The van der Waals surface area contributed by atoms with E-state index in [0.717, 1.165) is 24.4 Å². The van der Waals surface area contributed by atoms with Gasteiger partial charge in [0.15, 0.2) is 0 Å². The largest absolute Gasteiger partial charge is 0.495 e. The molecule has 1 aliphatic rings. The van der Waals surface area contributed by atoms with Crippen LogP contribution in [0.5, 0.6) is 5.75 Å². The molecule has 0 saturated heterocycles. The van der Waals surface area contributed by atoms with Gasteiger partial charge in [0.25, 0.3) is 0 Å². The van der Waals surface area contributed by atoms with Gasteiger partial charge in [0.1, 0.15) is 5.75 Å². The topological polar surface area (TPSA) is 21.3 Å². The van der Waals surface area contributed by atoms with E-state index in [4.69, 9.17) is 16.3 Å². The Morgan fingerprint density at radius 3 is 3.08 bits per heavy atom. The highest BCUT2D eigenvalue weighted by Crippen LogP contribution is 2.33. The van der Waals surface area contributed by atoms with Gasteiger partial charge in [-0.1, -0.05) is 11.6 Å². The second kappa shape index (κ2) is 2.87. The lowest BCUT2D eigenvalue weighted by atomic mass is 10.1. The van der Waals surface area contributed by atoms with Crippen molar-refractivity contribution in [1.82, 2.24) is 0 Å². The third-order valence-electron chi connectivity index (χ3n) is 2.09. The molecule has 12 heavy (non-hydrogen) atoms. The molecule has 0 aliphatic carbocycles. The molecule has 1 aromatic rings. The van der Waals surface area contributed by atoms with Gasteiger partial charge < -0.3 is 10.1 Å². The van der Waals surface area contributed by atoms with Crippen LogP contribution < -0.4 is 10.1 Å². The first-order valence-corrected chi connectivity index (χ1v) is 4.29. The predicted octanol–water partition coefficient (Wildman–Crippen LogP) is 2.32. The van der Waals surface area contributed by atoms with E-state index >= 15 is 0 Å². The maximum absolute atomic E-state index is 5.96. The Kier molecular flexibility index (Phi) is 1.85. The minimum atomic E-state index is 0.694. The van der Waals surface area contributed by atoms with Gasteiger partial charge in [0, 0.05) is 18.3 Å². The van der Waals surface area contributed by atoms with E-state index in [1.165, 1.54) is 5.56 Å². The van der Waals surface area contributed by atoms with Crippen LogP contribution in [0.25, 0.3) is 0 Å². The molecule has 0 saturated carbocycles. The number of nitrogens with one attached hydrogen (secondary N) is 1. The van der Waals surface area contributed by atoms with Crippen molar-refractivity contribution >= 4 is 17.3 Å². The smallest absolute Gasteiger partial charge is 0.139 e. The number of anilines is 1. The van der Waals surface area contributed by atoms with Crippen LogP contribution in [-0.4, -0.2) is 13.7 Å². The summed E-state index contributed by atoms with van der Waals surface area (Å²) in [6.45, 7) is 0.999. The fourth-order valence-corrected chi connectivity index (χ4v) is 1.72. The van der Waals surface area contributed by atoms with Gasteiger partial charge in [-0.05, 0) is 18.1 Å². The molecule has 3 heteroatoms. The van der Waals surface area contributed by atoms with Crippen LogP contribution >= 0.6 is 11.6 Å². The summed E-state index contributed by atoms with van der Waals surface area (Å²) in [7, 11) is 1.63. The third-order valence-corrected chi connectivity index (χ3v) is 2.38. The molecule has 1 N–H and O–H groups in total. The average Bonchev–Trinajstić information content (AvgIpc) is 2.49. The van der Waals surface area contributed by atoms with E-state index < -0.39 is 0 Å². The van der Waals surface area contributed by atoms with Crippen molar-refractivity contribution in [1.29, 1.82) is 0 Å². The lowest BCUT2D eigenvalue weighted by Crippen LogP contribution is -1.91. The normalized spacial score (nSPS) is 13.8. The number of rotatable bonds is 1. The molecule has 0 fully saturated rings. The molecule has 1 heterocycles. The highest BCUT2D eigenvalue weighted by atomic mass is 35.5. The quantitative estimate of drug-likeness (QED) is 0.722. The van der Waals surface area contributed by atoms with Crippen LogP contribution in [0, 0.1) is 0 Å². The fourth-order valence-electron chi connectivity index (χ4n) is 1.45. The second-order valence-electron chi connectivity index (χ2n) is 2.82. The summed E-state index contributed by atoms with van der Waals surface area (Å²) in [5.74, 6) is 0.741. The Morgan fingerprint density at radius 2 is 2.33 bits per heavy atom. The molecular weight excluding hydrogens is 174 g/mol. The van der Waals surface area contributed by atoms with Crippen LogP contribution in [0.2, 0.25) is 5.02 Å². The predicted molar refractivity (Wildman–Crippen MR) is 50.2 cm³/mol. The first-order chi connectivity index (χ1) is 5.81. The van der Waals surface area contributed by atoms with Gasteiger partial charge in [0.2, 0.25) is 0 Å². The molecule has 64 valence electrons. The van der Waals surface area contributed by atoms with Gasteiger partial charge in [0.05, 0.1) is 12.1 Å². The molecular formula is C9H10ClNO. The van der Waals surface area contributed by atoms with E-state index in [0.29, 0.717) is 5.02 Å². The summed E-state index contributed by atoms with van der Waals surface area (Å²) in [6.07, 6.45) is 1.05. The van der Waals surface area contributed by atoms with Crippen molar-refractivity contribution in [3.63, 3.8) is 0 Å². The summed E-state index contributed by atoms with van der Waals surface area (Å²) in [5.41, 5.74) is 2.43. The van der Waals surface area contributed by atoms with Crippen molar-refractivity contribution in [2.75, 3.05) is 19.0 Å². The van der Waals surface area contributed by atoms with E-state index in [-0.39, 0.29) is 0 Å². The molecule has 0 amide bonds. The van der Waals surface area contributed by atoms with Crippen molar-refractivity contribution in [3.05, 3.63) is 22.7 Å². The first-order valence-electron chi connectivity index (χ1n) is 3.91. The van der Waals surface area contributed by atoms with Crippen molar-refractivity contribution in [2.24, 2.45) is 0 Å². The van der Waals surface area contributed by atoms with Crippen LogP contribution in [0.3, 0.4) is 0 Å². The SMILES string of the molecule is COc1cc2c(cc1Cl)CCN2. The molecule has 0 atom stereocenters. The maximum atomic E-state index is 5.96. The minimum Gasteiger partial charge on any atom is -0.495 e. The monoisotopic (exact) mass is 183 g/mol. The zero-order valence-electron chi connectivity index (χ0n) is 6.86. The van der Waals surface area contributed by atoms with Crippen molar-refractivity contribution in [3.8, 4) is 5.75 Å². The maximum Gasteiger partial charge on any atom is 0.139 e. The Labute approximate surface area is 76.5 Å². The molecule has 0 spiro atoms. The van der Waals surface area contributed by atoms with Gasteiger partial charge in [-0.15, -0.1) is 0 Å². The standard InChI is InChI=1S/C9H10ClNO/c1-12-9-5-8-6(2-3-11-8)4-7(9)10/h4-5,11H,2-3H2,1H3. The minimum absolute atomic E-state index is 0.694. The van der Waals surface area contributed by atoms with Gasteiger partial charge in [-0.25, -0.2) is 0 Å². The second-order valence-corrected chi connectivity index (χ2v) is 3.23. The van der Waals surface area contributed by atoms with E-state index in [1.807, 2.05) is 12.1 Å². The summed E-state index contributed by atoms with van der Waals surface area (Å²) in [5, 5.41) is 3.96. The number of fused-ring (bicyclic) bond motifs is 1. The Bertz CT molecular complexity index is 311. The molecule has 1 aromatic carbocycles. The van der Waals surface area contributed by atoms with Crippen LogP contribution in [0.4, 0.5) is 5.69 Å². The third kappa shape index (κ3) is 1.12. The highest BCUT2D eigenvalue weighted by molar-refractivity contribution is 6.32. The molecule has 2 rings (SSSR count). The van der Waals surface area contributed by atoms with Gasteiger partial charge in [-0.3, -0.25) is 0 Å². The molecule has 1 aliphatic heterocycles. The van der Waals surface area contributed by atoms with Crippen molar-refractivity contribution in [2.45, 2.75) is 6.42 Å². The summed E-state index contributed by atoms with van der Waals surface area (Å²) < 4.78 is 5.10. The number of hydrogen-bond acceptors (Lipinski definition) is 2. The van der Waals surface area contributed by atoms with Crippen LogP contribution in [-0.2, 0) is 6.42 Å².